The number of rotatable bonds is 5. The van der Waals surface area contributed by atoms with E-state index in [-0.39, 0.29) is 16.7 Å². The molecule has 2 aromatic heterocycles. The Labute approximate surface area is 227 Å². The average molecular weight is 536 g/mol. The van der Waals surface area contributed by atoms with Crippen molar-refractivity contribution in [1.82, 2.24) is 18.9 Å². The van der Waals surface area contributed by atoms with Crippen molar-refractivity contribution in [3.05, 3.63) is 91.2 Å². The van der Waals surface area contributed by atoms with Gasteiger partial charge in [-0.25, -0.2) is 0 Å². The number of aromatic hydroxyl groups is 1. The summed E-state index contributed by atoms with van der Waals surface area (Å²) >= 11 is 6.04. The summed E-state index contributed by atoms with van der Waals surface area (Å²) in [6.07, 6.45) is 1.10. The van der Waals surface area contributed by atoms with Crippen LogP contribution in [0.4, 0.5) is 5.69 Å². The maximum Gasteiger partial charge on any atom is 0.250 e. The molecule has 9 heteroatoms. The zero-order valence-electron chi connectivity index (χ0n) is 21.7. The molecule has 2 saturated heterocycles. The topological polar surface area (TPSA) is 73.9 Å². The number of likely N-dealkylation sites (tertiary alicyclic amines) is 1. The third-order valence-electron chi connectivity index (χ3n) is 8.52. The van der Waals surface area contributed by atoms with Crippen LogP contribution in [-0.4, -0.2) is 63.3 Å². The first-order chi connectivity index (χ1) is 18.4. The Balaban J connectivity index is 1.15. The highest BCUT2D eigenvalue weighted by molar-refractivity contribution is 6.30. The number of anilines is 1. The number of piperazine rings is 1. The fourth-order valence-corrected chi connectivity index (χ4v) is 6.63. The highest BCUT2D eigenvalue weighted by Crippen LogP contribution is 2.35. The second-order valence-electron chi connectivity index (χ2n) is 11.0. The van der Waals surface area contributed by atoms with E-state index in [4.69, 9.17) is 11.6 Å². The average Bonchev–Trinajstić information content (AvgIpc) is 2.91. The summed E-state index contributed by atoms with van der Waals surface area (Å²) in [5.74, 6) is 0.592. The van der Waals surface area contributed by atoms with Crippen LogP contribution in [0.1, 0.15) is 29.4 Å². The molecule has 2 fully saturated rings. The van der Waals surface area contributed by atoms with Gasteiger partial charge in [0.25, 0.3) is 5.56 Å². The van der Waals surface area contributed by atoms with Crippen molar-refractivity contribution in [2.24, 2.45) is 13.0 Å². The summed E-state index contributed by atoms with van der Waals surface area (Å²) < 4.78 is 3.95. The van der Waals surface area contributed by atoms with Gasteiger partial charge in [-0.05, 0) is 42.7 Å². The second kappa shape index (κ2) is 10.2. The van der Waals surface area contributed by atoms with Gasteiger partial charge < -0.3 is 19.1 Å². The molecule has 38 heavy (non-hydrogen) atoms. The predicted octanol–water partition coefficient (Wildman–Crippen LogP) is 2.85. The van der Waals surface area contributed by atoms with E-state index in [1.807, 2.05) is 46.5 Å². The van der Waals surface area contributed by atoms with Gasteiger partial charge in [-0.3, -0.25) is 19.4 Å². The molecule has 200 valence electrons. The monoisotopic (exact) mass is 535 g/mol. The van der Waals surface area contributed by atoms with Crippen molar-refractivity contribution in [3.8, 4) is 5.75 Å². The van der Waals surface area contributed by atoms with Crippen LogP contribution in [0, 0.1) is 5.92 Å². The van der Waals surface area contributed by atoms with Gasteiger partial charge in [0.05, 0.1) is 5.69 Å². The van der Waals surface area contributed by atoms with Crippen LogP contribution in [0.5, 0.6) is 5.75 Å². The lowest BCUT2D eigenvalue weighted by atomic mass is 9.83. The van der Waals surface area contributed by atoms with Gasteiger partial charge in [-0.2, -0.15) is 0 Å². The molecule has 1 aromatic carbocycles. The third-order valence-corrected chi connectivity index (χ3v) is 8.77. The molecule has 3 aliphatic rings. The quantitative estimate of drug-likeness (QED) is 0.541. The Kier molecular flexibility index (Phi) is 6.80. The number of hydrogen-bond donors (Lipinski definition) is 1. The Morgan fingerprint density at radius 2 is 1.68 bits per heavy atom. The first-order valence-electron chi connectivity index (χ1n) is 13.4. The molecule has 8 nitrogen and oxygen atoms in total. The van der Waals surface area contributed by atoms with Gasteiger partial charge in [0.1, 0.15) is 0 Å². The highest BCUT2D eigenvalue weighted by Gasteiger charge is 2.34. The number of aromatic nitrogens is 2. The van der Waals surface area contributed by atoms with Gasteiger partial charge >= 0.3 is 0 Å². The molecule has 0 radical (unpaired) electrons. The highest BCUT2D eigenvalue weighted by atomic mass is 35.5. The molecule has 2 atom stereocenters. The van der Waals surface area contributed by atoms with Crippen LogP contribution >= 0.6 is 11.6 Å². The maximum atomic E-state index is 12.8. The number of nitrogens with zero attached hydrogens (tertiary/aromatic N) is 5. The van der Waals surface area contributed by atoms with E-state index >= 15 is 0 Å². The molecule has 3 aromatic rings. The maximum absolute atomic E-state index is 12.8. The van der Waals surface area contributed by atoms with Gasteiger partial charge in [-0.1, -0.05) is 17.7 Å². The van der Waals surface area contributed by atoms with Gasteiger partial charge in [0, 0.05) is 106 Å². The van der Waals surface area contributed by atoms with Crippen molar-refractivity contribution < 1.29 is 5.11 Å². The molecule has 6 rings (SSSR count). The molecule has 3 aliphatic heterocycles. The molecule has 0 saturated carbocycles. The van der Waals surface area contributed by atoms with E-state index in [0.717, 1.165) is 74.3 Å². The molecule has 0 spiro atoms. The zero-order chi connectivity index (χ0) is 26.4. The molecular formula is C29H34ClN5O3. The van der Waals surface area contributed by atoms with E-state index in [1.165, 1.54) is 0 Å². The molecule has 0 unspecified atom stereocenters. The van der Waals surface area contributed by atoms with Crippen molar-refractivity contribution >= 4 is 17.3 Å². The molecule has 5 heterocycles. The van der Waals surface area contributed by atoms with E-state index in [2.05, 4.69) is 20.8 Å². The molecule has 0 aliphatic carbocycles. The Morgan fingerprint density at radius 3 is 2.45 bits per heavy atom. The van der Waals surface area contributed by atoms with Crippen molar-refractivity contribution in [2.75, 3.05) is 44.2 Å². The lowest BCUT2D eigenvalue weighted by molar-refractivity contribution is 0.112. The summed E-state index contributed by atoms with van der Waals surface area (Å²) in [5, 5.41) is 11.5. The minimum absolute atomic E-state index is 0.0882. The Morgan fingerprint density at radius 1 is 0.921 bits per heavy atom. The fraction of sp³-hybridized carbons (Fsp3) is 0.448. The number of pyridine rings is 2. The minimum atomic E-state index is -0.318. The Hall–Kier alpha value is -3.07. The van der Waals surface area contributed by atoms with Crippen molar-refractivity contribution in [2.45, 2.75) is 32.0 Å². The summed E-state index contributed by atoms with van der Waals surface area (Å²) in [6.45, 7) is 7.11. The van der Waals surface area contributed by atoms with E-state index < -0.39 is 0 Å². The van der Waals surface area contributed by atoms with Gasteiger partial charge in [0.15, 0.2) is 5.75 Å². The molecule has 2 bridgehead atoms. The van der Waals surface area contributed by atoms with E-state index in [9.17, 15) is 14.7 Å². The van der Waals surface area contributed by atoms with Crippen LogP contribution in [0.2, 0.25) is 5.02 Å². The molecule has 0 amide bonds. The molecule has 1 N–H and O–H groups in total. The van der Waals surface area contributed by atoms with E-state index in [0.29, 0.717) is 30.6 Å². The number of fused-ring (bicyclic) bond motifs is 4. The SMILES string of the molecule is Cn1c(CN2C[C@H]3C[C@@H](C2)c2cccc(=O)n2C3)cc(=O)c(O)c1CN1CCN(c2ccc(Cl)cc2)CC1. The predicted molar refractivity (Wildman–Crippen MR) is 149 cm³/mol. The second-order valence-corrected chi connectivity index (χ2v) is 11.4. The van der Waals surface area contributed by atoms with Crippen LogP contribution in [0.3, 0.4) is 0 Å². The number of halogens is 1. The van der Waals surface area contributed by atoms with Crippen molar-refractivity contribution in [3.63, 3.8) is 0 Å². The lowest BCUT2D eigenvalue weighted by Crippen LogP contribution is -2.47. The Bertz CT molecular complexity index is 1440. The third kappa shape index (κ3) is 4.88. The zero-order valence-corrected chi connectivity index (χ0v) is 22.5. The fourth-order valence-electron chi connectivity index (χ4n) is 6.51. The number of benzene rings is 1. The summed E-state index contributed by atoms with van der Waals surface area (Å²) in [7, 11) is 1.95. The van der Waals surface area contributed by atoms with Crippen LogP contribution in [0.15, 0.2) is 58.1 Å². The first-order valence-corrected chi connectivity index (χ1v) is 13.8. The molecular weight excluding hydrogens is 502 g/mol. The van der Waals surface area contributed by atoms with Crippen LogP contribution in [0.25, 0.3) is 0 Å². The van der Waals surface area contributed by atoms with Crippen molar-refractivity contribution in [1.29, 1.82) is 0 Å². The van der Waals surface area contributed by atoms with Gasteiger partial charge in [0.2, 0.25) is 5.43 Å². The largest absolute Gasteiger partial charge is 0.503 e. The first kappa shape index (κ1) is 25.2. The summed E-state index contributed by atoms with van der Waals surface area (Å²) in [4.78, 5) is 32.2. The van der Waals surface area contributed by atoms with Crippen LogP contribution in [-0.2, 0) is 26.7 Å². The standard InChI is InChI=1S/C29H34ClN5O3/c1-31-24(18-33-15-20-13-21(17-33)25-3-2-4-28(37)35(25)16-20)14-27(36)29(38)26(31)19-32-9-11-34(12-10-32)23-7-5-22(30)6-8-23/h2-8,14,20-21,38H,9-13,15-19H2,1H3/t20-,21+/m1/s1. The van der Waals surface area contributed by atoms with E-state index in [1.54, 1.807) is 12.1 Å². The van der Waals surface area contributed by atoms with Crippen LogP contribution < -0.4 is 15.9 Å². The summed E-state index contributed by atoms with van der Waals surface area (Å²) in [6, 6.07) is 15.1. The smallest absolute Gasteiger partial charge is 0.250 e. The number of piperidine rings is 1. The number of hydrogen-bond acceptors (Lipinski definition) is 6. The lowest BCUT2D eigenvalue weighted by Gasteiger charge is -2.43. The minimum Gasteiger partial charge on any atom is -0.503 e. The summed E-state index contributed by atoms with van der Waals surface area (Å²) in [5.41, 5.74) is 3.63. The normalized spacial score (nSPS) is 21.9. The van der Waals surface area contributed by atoms with Gasteiger partial charge in [-0.15, -0.1) is 0 Å².